The Morgan fingerprint density at radius 2 is 1.84 bits per heavy atom. The van der Waals surface area contributed by atoms with Gasteiger partial charge < -0.3 is 19.9 Å². The second-order valence-corrected chi connectivity index (χ2v) is 10.2. The van der Waals surface area contributed by atoms with Crippen LogP contribution in [0, 0.1) is 5.82 Å². The molecular weight excluding hydrogens is 503 g/mol. The van der Waals surface area contributed by atoms with Crippen LogP contribution >= 0.6 is 0 Å². The minimum Gasteiger partial charge on any atom is -0.477 e. The number of nitrogens with zero attached hydrogens (tertiary/aromatic N) is 3. The Bertz CT molecular complexity index is 1660. The number of aromatic nitrogens is 2. The molecule has 3 N–H and O–H groups in total. The Hall–Kier alpha value is -3.87. The summed E-state index contributed by atoms with van der Waals surface area (Å²) in [6, 6.07) is 14.7. The number of nitrogens with one attached hydrogen (secondary N) is 1. The van der Waals surface area contributed by atoms with E-state index in [4.69, 9.17) is 4.55 Å². The van der Waals surface area contributed by atoms with Crippen molar-refractivity contribution in [1.29, 1.82) is 0 Å². The maximum atomic E-state index is 15.1. The molecule has 2 aromatic heterocycles. The molecule has 0 bridgehead atoms. The number of pyridine rings is 2. The number of anilines is 1. The van der Waals surface area contributed by atoms with E-state index in [2.05, 4.69) is 10.3 Å². The summed E-state index contributed by atoms with van der Waals surface area (Å²) in [4.78, 5) is 31.0. The predicted molar refractivity (Wildman–Crippen MR) is 139 cm³/mol. The Morgan fingerprint density at radius 1 is 1.16 bits per heavy atom. The van der Waals surface area contributed by atoms with Crippen molar-refractivity contribution in [3.63, 3.8) is 0 Å². The number of fused-ring (bicyclic) bond motifs is 2. The minimum absolute atomic E-state index is 0.0671. The molecule has 10 nitrogen and oxygen atoms in total. The van der Waals surface area contributed by atoms with E-state index in [0.717, 1.165) is 16.8 Å². The smallest absolute Gasteiger partial charge is 0.341 e. The molecule has 1 aliphatic heterocycles. The Kier molecular flexibility index (Phi) is 7.25. The van der Waals surface area contributed by atoms with E-state index >= 15 is 4.39 Å². The molecule has 1 saturated heterocycles. The quantitative estimate of drug-likeness (QED) is 0.342. The van der Waals surface area contributed by atoms with Crippen LogP contribution in [0.15, 0.2) is 59.5 Å². The van der Waals surface area contributed by atoms with Crippen LogP contribution in [0.1, 0.15) is 17.3 Å². The van der Waals surface area contributed by atoms with Gasteiger partial charge in [0.25, 0.3) is 10.1 Å². The molecule has 1 atom stereocenters. The number of rotatable bonds is 3. The van der Waals surface area contributed by atoms with Gasteiger partial charge in [0.15, 0.2) is 17.3 Å². The van der Waals surface area contributed by atoms with Gasteiger partial charge in [-0.1, -0.05) is 30.3 Å². The molecule has 1 aliphatic rings. The second kappa shape index (κ2) is 10.2. The van der Waals surface area contributed by atoms with E-state index in [1.54, 1.807) is 4.57 Å². The van der Waals surface area contributed by atoms with Crippen LogP contribution in [0.5, 0.6) is 0 Å². The first-order chi connectivity index (χ1) is 17.4. The average Bonchev–Trinajstić information content (AvgIpc) is 2.83. The standard InChI is InChI=1S/C24H21FN4O3.CH4O3S/c1-14-12-28(9-8-26-14)23-20(25)11-18-21(30)19(24(31)32)13-29(22(18)27-23)17-7-6-15-4-2-3-5-16(15)10-17;1-5(2,3)4/h2-7,10-11,13-14,26H,8-9,12H2,1H3,(H,31,32);1H3,(H,2,3,4). The Labute approximate surface area is 211 Å². The van der Waals surface area contributed by atoms with Crippen LogP contribution in [-0.4, -0.2) is 65.5 Å². The molecule has 12 heteroatoms. The molecule has 0 spiro atoms. The van der Waals surface area contributed by atoms with E-state index < -0.39 is 32.9 Å². The highest BCUT2D eigenvalue weighted by atomic mass is 32.2. The molecule has 0 amide bonds. The van der Waals surface area contributed by atoms with Crippen molar-refractivity contribution in [2.75, 3.05) is 30.8 Å². The summed E-state index contributed by atoms with van der Waals surface area (Å²) in [5.41, 5.74) is -0.334. The van der Waals surface area contributed by atoms with E-state index in [9.17, 15) is 23.1 Å². The number of carboxylic acid groups (broad SMARTS) is 1. The van der Waals surface area contributed by atoms with Crippen molar-refractivity contribution in [3.05, 3.63) is 76.3 Å². The van der Waals surface area contributed by atoms with E-state index in [0.29, 0.717) is 31.6 Å². The normalized spacial score (nSPS) is 15.9. The van der Waals surface area contributed by atoms with Crippen LogP contribution < -0.4 is 15.6 Å². The summed E-state index contributed by atoms with van der Waals surface area (Å²) in [5, 5.41) is 14.8. The zero-order chi connectivity index (χ0) is 26.9. The topological polar surface area (TPSA) is 142 Å². The van der Waals surface area contributed by atoms with Gasteiger partial charge in [-0.15, -0.1) is 0 Å². The Balaban J connectivity index is 0.000000586. The largest absolute Gasteiger partial charge is 0.477 e. The third-order valence-electron chi connectivity index (χ3n) is 5.82. The van der Waals surface area contributed by atoms with Crippen LogP contribution in [0.25, 0.3) is 27.5 Å². The molecule has 5 rings (SSSR count). The zero-order valence-corrected chi connectivity index (χ0v) is 20.9. The highest BCUT2D eigenvalue weighted by molar-refractivity contribution is 7.85. The molecule has 194 valence electrons. The van der Waals surface area contributed by atoms with E-state index in [1.165, 1.54) is 6.20 Å². The molecule has 2 aromatic carbocycles. The number of benzene rings is 2. The molecule has 0 aliphatic carbocycles. The lowest BCUT2D eigenvalue weighted by Gasteiger charge is -2.33. The number of aromatic carboxylic acids is 1. The van der Waals surface area contributed by atoms with Gasteiger partial charge >= 0.3 is 5.97 Å². The number of piperazine rings is 1. The van der Waals surface area contributed by atoms with Gasteiger partial charge in [0.1, 0.15) is 5.56 Å². The van der Waals surface area contributed by atoms with Crippen LogP contribution in [0.4, 0.5) is 10.2 Å². The molecule has 3 heterocycles. The third kappa shape index (κ3) is 5.93. The van der Waals surface area contributed by atoms with Gasteiger partial charge in [-0.25, -0.2) is 14.2 Å². The monoisotopic (exact) mass is 528 g/mol. The number of carbonyl (C=O) groups is 1. The molecule has 4 aromatic rings. The number of carboxylic acids is 1. The molecular formula is C25H25FN4O6S. The Morgan fingerprint density at radius 3 is 2.49 bits per heavy atom. The molecule has 0 radical (unpaired) electrons. The summed E-state index contributed by atoms with van der Waals surface area (Å²) < 4.78 is 42.5. The first-order valence-electron chi connectivity index (χ1n) is 11.3. The van der Waals surface area contributed by atoms with Crippen molar-refractivity contribution in [2.45, 2.75) is 13.0 Å². The summed E-state index contributed by atoms with van der Waals surface area (Å²) in [6.45, 7) is 3.85. The molecule has 1 unspecified atom stereocenters. The lowest BCUT2D eigenvalue weighted by molar-refractivity contribution is 0.0695. The zero-order valence-electron chi connectivity index (χ0n) is 20.1. The summed E-state index contributed by atoms with van der Waals surface area (Å²) >= 11 is 0. The van der Waals surface area contributed by atoms with Crippen LogP contribution in [-0.2, 0) is 10.1 Å². The van der Waals surface area contributed by atoms with Gasteiger partial charge in [-0.3, -0.25) is 9.35 Å². The fourth-order valence-corrected chi connectivity index (χ4v) is 4.24. The van der Waals surface area contributed by atoms with E-state index in [1.807, 2.05) is 54.3 Å². The fourth-order valence-electron chi connectivity index (χ4n) is 4.24. The number of halogens is 1. The lowest BCUT2D eigenvalue weighted by atomic mass is 10.1. The summed E-state index contributed by atoms with van der Waals surface area (Å²) in [5.74, 6) is -1.86. The SMILES string of the molecule is CC1CN(c2nc3c(cc2F)c(=O)c(C(=O)O)cn3-c2ccc3ccccc3c2)CCN1.CS(=O)(=O)O. The third-order valence-corrected chi connectivity index (χ3v) is 5.82. The minimum atomic E-state index is -3.67. The van der Waals surface area contributed by atoms with Crippen LogP contribution in [0.3, 0.4) is 0 Å². The lowest BCUT2D eigenvalue weighted by Crippen LogP contribution is -2.49. The van der Waals surface area contributed by atoms with Crippen molar-refractivity contribution < 1.29 is 27.3 Å². The molecule has 37 heavy (non-hydrogen) atoms. The predicted octanol–water partition coefficient (Wildman–Crippen LogP) is 2.68. The van der Waals surface area contributed by atoms with Crippen molar-refractivity contribution in [2.24, 2.45) is 0 Å². The highest BCUT2D eigenvalue weighted by Gasteiger charge is 2.24. The van der Waals surface area contributed by atoms with Crippen molar-refractivity contribution >= 4 is 43.7 Å². The first-order valence-corrected chi connectivity index (χ1v) is 13.2. The first kappa shape index (κ1) is 26.2. The second-order valence-electron chi connectivity index (χ2n) is 8.78. The summed E-state index contributed by atoms with van der Waals surface area (Å²) in [6.07, 6.45) is 1.99. The van der Waals surface area contributed by atoms with Crippen LogP contribution in [0.2, 0.25) is 0 Å². The maximum absolute atomic E-state index is 15.1. The summed E-state index contributed by atoms with van der Waals surface area (Å²) in [7, 11) is -3.67. The highest BCUT2D eigenvalue weighted by Crippen LogP contribution is 2.26. The van der Waals surface area contributed by atoms with Gasteiger partial charge in [0.05, 0.1) is 11.6 Å². The van der Waals surface area contributed by atoms with Gasteiger partial charge in [-0.05, 0) is 35.9 Å². The maximum Gasteiger partial charge on any atom is 0.341 e. The number of hydrogen-bond donors (Lipinski definition) is 3. The average molecular weight is 529 g/mol. The molecule has 1 fully saturated rings. The van der Waals surface area contributed by atoms with Gasteiger partial charge in [-0.2, -0.15) is 8.42 Å². The van der Waals surface area contributed by atoms with Crippen molar-refractivity contribution in [3.8, 4) is 5.69 Å². The van der Waals surface area contributed by atoms with Crippen molar-refractivity contribution in [1.82, 2.24) is 14.9 Å². The van der Waals surface area contributed by atoms with Gasteiger partial charge in [0.2, 0.25) is 5.43 Å². The van der Waals surface area contributed by atoms with E-state index in [-0.39, 0.29) is 22.9 Å². The van der Waals surface area contributed by atoms with Gasteiger partial charge in [0, 0.05) is 37.6 Å². The fraction of sp³-hybridized carbons (Fsp3) is 0.240. The number of hydrogen-bond acceptors (Lipinski definition) is 7. The molecule has 0 saturated carbocycles.